The fourth-order valence-corrected chi connectivity index (χ4v) is 3.44. The summed E-state index contributed by atoms with van der Waals surface area (Å²) >= 11 is 0. The van der Waals surface area contributed by atoms with Gasteiger partial charge in [0.05, 0.1) is 13.1 Å². The quantitative estimate of drug-likeness (QED) is 0.288. The van der Waals surface area contributed by atoms with Gasteiger partial charge in [-0.25, -0.2) is 4.99 Å². The molecule has 7 heteroatoms. The van der Waals surface area contributed by atoms with Crippen LogP contribution in [-0.2, 0) is 17.9 Å². The van der Waals surface area contributed by atoms with Crippen LogP contribution in [0.4, 0.5) is 0 Å². The number of guanidine groups is 1. The highest BCUT2D eigenvalue weighted by molar-refractivity contribution is 14.0. The number of carbonyl (C=O) groups excluding carboxylic acids is 1. The first-order valence-corrected chi connectivity index (χ1v) is 10.9. The van der Waals surface area contributed by atoms with Crippen molar-refractivity contribution in [2.45, 2.75) is 66.1 Å². The Morgan fingerprint density at radius 3 is 2.47 bits per heavy atom. The SMILES string of the molecule is CCNC(=NCc1cccc(CN2CCC(C)CC2)c1)NCC(=O)NC(C)(C)C.I. The van der Waals surface area contributed by atoms with Crippen molar-refractivity contribution in [3.05, 3.63) is 35.4 Å². The molecule has 0 spiro atoms. The number of halogens is 1. The first kappa shape index (κ1) is 26.7. The molecule has 170 valence electrons. The standard InChI is InChI=1S/C23H39N5O.HI/c1-6-24-22(26-16-21(29)27-23(3,4)5)25-15-19-8-7-9-20(14-19)17-28-12-10-18(2)11-13-28;/h7-9,14,18H,6,10-13,15-17H2,1-5H3,(H,27,29)(H2,24,25,26);1H. The van der Waals surface area contributed by atoms with Gasteiger partial charge >= 0.3 is 0 Å². The number of hydrogen-bond donors (Lipinski definition) is 3. The van der Waals surface area contributed by atoms with E-state index in [0.29, 0.717) is 12.5 Å². The molecule has 3 N–H and O–H groups in total. The van der Waals surface area contributed by atoms with Crippen LogP contribution in [0.25, 0.3) is 0 Å². The van der Waals surface area contributed by atoms with E-state index in [4.69, 9.17) is 0 Å². The first-order valence-electron chi connectivity index (χ1n) is 10.9. The van der Waals surface area contributed by atoms with Crippen molar-refractivity contribution in [3.8, 4) is 0 Å². The van der Waals surface area contributed by atoms with Crippen molar-refractivity contribution in [2.24, 2.45) is 10.9 Å². The number of carbonyl (C=O) groups is 1. The molecule has 1 saturated heterocycles. The van der Waals surface area contributed by atoms with Gasteiger partial charge in [0.1, 0.15) is 0 Å². The summed E-state index contributed by atoms with van der Waals surface area (Å²) in [6, 6.07) is 8.67. The predicted molar refractivity (Wildman–Crippen MR) is 136 cm³/mol. The van der Waals surface area contributed by atoms with Crippen LogP contribution in [0.5, 0.6) is 0 Å². The van der Waals surface area contributed by atoms with Crippen LogP contribution >= 0.6 is 24.0 Å². The second-order valence-electron chi connectivity index (χ2n) is 9.13. The zero-order valence-corrected chi connectivity index (χ0v) is 21.6. The van der Waals surface area contributed by atoms with Crippen molar-refractivity contribution in [2.75, 3.05) is 26.2 Å². The Hall–Kier alpha value is -1.35. The zero-order valence-electron chi connectivity index (χ0n) is 19.3. The Morgan fingerprint density at radius 2 is 1.83 bits per heavy atom. The van der Waals surface area contributed by atoms with Gasteiger partial charge in [-0.05, 0) is 70.7 Å². The van der Waals surface area contributed by atoms with E-state index in [1.807, 2.05) is 27.7 Å². The highest BCUT2D eigenvalue weighted by atomic mass is 127. The largest absolute Gasteiger partial charge is 0.357 e. The molecule has 0 saturated carbocycles. The zero-order chi connectivity index (χ0) is 21.3. The number of nitrogens with zero attached hydrogens (tertiary/aromatic N) is 2. The van der Waals surface area contributed by atoms with Crippen LogP contribution in [0.15, 0.2) is 29.3 Å². The van der Waals surface area contributed by atoms with E-state index >= 15 is 0 Å². The molecule has 0 atom stereocenters. The summed E-state index contributed by atoms with van der Waals surface area (Å²) in [6.07, 6.45) is 2.59. The van der Waals surface area contributed by atoms with Gasteiger partial charge in [-0.15, -0.1) is 24.0 Å². The molecule has 1 fully saturated rings. The molecule has 1 aromatic rings. The molecule has 1 aliphatic rings. The minimum absolute atomic E-state index is 0. The third-order valence-corrected chi connectivity index (χ3v) is 4.97. The Morgan fingerprint density at radius 1 is 1.17 bits per heavy atom. The summed E-state index contributed by atoms with van der Waals surface area (Å²) < 4.78 is 0. The maximum Gasteiger partial charge on any atom is 0.239 e. The number of amides is 1. The molecule has 0 bridgehead atoms. The van der Waals surface area contributed by atoms with Crippen molar-refractivity contribution >= 4 is 35.8 Å². The molecule has 1 amide bonds. The first-order chi connectivity index (χ1) is 13.7. The van der Waals surface area contributed by atoms with Gasteiger partial charge in [-0.3, -0.25) is 9.69 Å². The highest BCUT2D eigenvalue weighted by Crippen LogP contribution is 2.18. The molecular weight excluding hydrogens is 489 g/mol. The molecular formula is C23H40IN5O. The molecule has 0 aromatic heterocycles. The van der Waals surface area contributed by atoms with E-state index in [-0.39, 0.29) is 42.0 Å². The van der Waals surface area contributed by atoms with Gasteiger partial charge in [0.15, 0.2) is 5.96 Å². The van der Waals surface area contributed by atoms with Gasteiger partial charge in [-0.1, -0.05) is 31.2 Å². The fraction of sp³-hybridized carbons (Fsp3) is 0.652. The Balaban J connectivity index is 0.00000450. The summed E-state index contributed by atoms with van der Waals surface area (Å²) in [5.41, 5.74) is 2.29. The van der Waals surface area contributed by atoms with Crippen LogP contribution in [0.3, 0.4) is 0 Å². The minimum atomic E-state index is -0.235. The molecule has 1 heterocycles. The maximum atomic E-state index is 12.0. The third-order valence-electron chi connectivity index (χ3n) is 4.97. The van der Waals surface area contributed by atoms with Crippen molar-refractivity contribution in [1.29, 1.82) is 0 Å². The van der Waals surface area contributed by atoms with Gasteiger partial charge in [-0.2, -0.15) is 0 Å². The van der Waals surface area contributed by atoms with Crippen molar-refractivity contribution in [3.63, 3.8) is 0 Å². The molecule has 0 aliphatic carbocycles. The summed E-state index contributed by atoms with van der Waals surface area (Å²) in [6.45, 7) is 15.2. The molecule has 1 aromatic carbocycles. The molecule has 0 radical (unpaired) electrons. The molecule has 30 heavy (non-hydrogen) atoms. The van der Waals surface area contributed by atoms with Gasteiger partial charge in [0.2, 0.25) is 5.91 Å². The van der Waals surface area contributed by atoms with Crippen LogP contribution in [0, 0.1) is 5.92 Å². The van der Waals surface area contributed by atoms with E-state index < -0.39 is 0 Å². The number of hydrogen-bond acceptors (Lipinski definition) is 3. The second-order valence-corrected chi connectivity index (χ2v) is 9.13. The summed E-state index contributed by atoms with van der Waals surface area (Å²) in [7, 11) is 0. The maximum absolute atomic E-state index is 12.0. The topological polar surface area (TPSA) is 68.8 Å². The summed E-state index contributed by atoms with van der Waals surface area (Å²) in [4.78, 5) is 19.2. The van der Waals surface area contributed by atoms with Gasteiger partial charge < -0.3 is 16.0 Å². The Labute approximate surface area is 199 Å². The van der Waals surface area contributed by atoms with E-state index in [0.717, 1.165) is 19.0 Å². The highest BCUT2D eigenvalue weighted by Gasteiger charge is 2.16. The van der Waals surface area contributed by atoms with Crippen molar-refractivity contribution < 1.29 is 4.79 Å². The van der Waals surface area contributed by atoms with Gasteiger partial charge in [0.25, 0.3) is 0 Å². The molecule has 0 unspecified atom stereocenters. The average molecular weight is 530 g/mol. The molecule has 1 aliphatic heterocycles. The fourth-order valence-electron chi connectivity index (χ4n) is 3.44. The van der Waals surface area contributed by atoms with Crippen LogP contribution in [-0.4, -0.2) is 48.5 Å². The summed E-state index contributed by atoms with van der Waals surface area (Å²) in [5.74, 6) is 1.47. The molecule has 6 nitrogen and oxygen atoms in total. The second kappa shape index (κ2) is 13.1. The molecule has 2 rings (SSSR count). The monoisotopic (exact) mass is 529 g/mol. The van der Waals surface area contributed by atoms with E-state index in [2.05, 4.69) is 57.0 Å². The lowest BCUT2D eigenvalue weighted by molar-refractivity contribution is -0.121. The number of piperidine rings is 1. The van der Waals surface area contributed by atoms with E-state index in [1.165, 1.54) is 37.1 Å². The lowest BCUT2D eigenvalue weighted by atomic mass is 9.98. The van der Waals surface area contributed by atoms with Crippen LogP contribution < -0.4 is 16.0 Å². The normalized spacial score (nSPS) is 16.0. The number of rotatable bonds is 7. The lowest BCUT2D eigenvalue weighted by Gasteiger charge is -2.30. The van der Waals surface area contributed by atoms with Crippen LogP contribution in [0.1, 0.15) is 58.6 Å². The minimum Gasteiger partial charge on any atom is -0.357 e. The smallest absolute Gasteiger partial charge is 0.239 e. The third kappa shape index (κ3) is 10.6. The van der Waals surface area contributed by atoms with E-state index in [9.17, 15) is 4.79 Å². The number of nitrogens with one attached hydrogen (secondary N) is 3. The lowest BCUT2D eigenvalue weighted by Crippen LogP contribution is -2.48. The average Bonchev–Trinajstić information content (AvgIpc) is 2.65. The Bertz CT molecular complexity index is 678. The van der Waals surface area contributed by atoms with Crippen LogP contribution in [0.2, 0.25) is 0 Å². The number of likely N-dealkylation sites (tertiary alicyclic amines) is 1. The predicted octanol–water partition coefficient (Wildman–Crippen LogP) is 3.51. The summed E-state index contributed by atoms with van der Waals surface area (Å²) in [5, 5.41) is 9.27. The Kier molecular flexibility index (Phi) is 11.7. The van der Waals surface area contributed by atoms with E-state index in [1.54, 1.807) is 0 Å². The number of benzene rings is 1. The number of aliphatic imine (C=N–C) groups is 1. The van der Waals surface area contributed by atoms with Gasteiger partial charge in [0, 0.05) is 18.6 Å². The van der Waals surface area contributed by atoms with Crippen molar-refractivity contribution in [1.82, 2.24) is 20.9 Å².